The molecular weight excluding hydrogens is 260 g/mol. The topological polar surface area (TPSA) is 108 Å². The lowest BCUT2D eigenvalue weighted by molar-refractivity contribution is -0.384. The van der Waals surface area contributed by atoms with Crippen LogP contribution < -0.4 is 5.73 Å². The van der Waals surface area contributed by atoms with E-state index in [0.29, 0.717) is 17.3 Å². The monoisotopic (exact) mass is 276 g/mol. The van der Waals surface area contributed by atoms with Crippen LogP contribution in [0.2, 0.25) is 0 Å². The number of non-ortho nitro benzene ring substituents is 1. The third kappa shape index (κ3) is 3.18. The van der Waals surface area contributed by atoms with Crippen molar-refractivity contribution in [1.82, 2.24) is 10.1 Å². The van der Waals surface area contributed by atoms with Crippen LogP contribution in [0.5, 0.6) is 0 Å². The fourth-order valence-electron chi connectivity index (χ4n) is 1.81. The number of hydrogen-bond acceptors (Lipinski definition) is 6. The molecule has 0 aliphatic carbocycles. The SMILES string of the molecule is CCCCC(N)c1nc(-c2cccc([N+](=O)[O-])c2)no1. The van der Waals surface area contributed by atoms with E-state index < -0.39 is 4.92 Å². The summed E-state index contributed by atoms with van der Waals surface area (Å²) in [5, 5.41) is 14.6. The largest absolute Gasteiger partial charge is 0.337 e. The minimum absolute atomic E-state index is 0.0101. The normalized spacial score (nSPS) is 12.3. The van der Waals surface area contributed by atoms with Gasteiger partial charge in [0, 0.05) is 17.7 Å². The van der Waals surface area contributed by atoms with Gasteiger partial charge in [-0.15, -0.1) is 0 Å². The average molecular weight is 276 g/mol. The summed E-state index contributed by atoms with van der Waals surface area (Å²) in [7, 11) is 0. The van der Waals surface area contributed by atoms with Gasteiger partial charge in [0.25, 0.3) is 5.69 Å². The van der Waals surface area contributed by atoms with E-state index in [4.69, 9.17) is 10.3 Å². The Hall–Kier alpha value is -2.28. The first-order chi connectivity index (χ1) is 9.61. The van der Waals surface area contributed by atoms with Gasteiger partial charge in [-0.1, -0.05) is 37.1 Å². The lowest BCUT2D eigenvalue weighted by atomic mass is 10.1. The van der Waals surface area contributed by atoms with E-state index in [1.165, 1.54) is 12.1 Å². The molecule has 2 aromatic rings. The Kier molecular flexibility index (Phi) is 4.41. The molecule has 1 unspecified atom stereocenters. The second-order valence-corrected chi connectivity index (χ2v) is 4.51. The van der Waals surface area contributed by atoms with Crippen LogP contribution in [-0.2, 0) is 0 Å². The molecule has 0 aliphatic heterocycles. The first kappa shape index (κ1) is 14.1. The molecule has 0 saturated carbocycles. The van der Waals surface area contributed by atoms with Crippen LogP contribution in [0.1, 0.15) is 38.1 Å². The van der Waals surface area contributed by atoms with Crippen molar-refractivity contribution in [3.8, 4) is 11.4 Å². The van der Waals surface area contributed by atoms with Crippen molar-refractivity contribution in [2.45, 2.75) is 32.2 Å². The van der Waals surface area contributed by atoms with Crippen molar-refractivity contribution in [2.75, 3.05) is 0 Å². The number of aromatic nitrogens is 2. The zero-order chi connectivity index (χ0) is 14.5. The lowest BCUT2D eigenvalue weighted by Gasteiger charge is -2.03. The number of nitrogens with zero attached hydrogens (tertiary/aromatic N) is 3. The number of rotatable bonds is 6. The minimum atomic E-state index is -0.461. The highest BCUT2D eigenvalue weighted by Gasteiger charge is 2.16. The van der Waals surface area contributed by atoms with Crippen molar-refractivity contribution in [3.63, 3.8) is 0 Å². The van der Waals surface area contributed by atoms with Crippen LogP contribution in [-0.4, -0.2) is 15.1 Å². The highest BCUT2D eigenvalue weighted by Crippen LogP contribution is 2.23. The highest BCUT2D eigenvalue weighted by atomic mass is 16.6. The van der Waals surface area contributed by atoms with Crippen molar-refractivity contribution < 1.29 is 9.45 Å². The lowest BCUT2D eigenvalue weighted by Crippen LogP contribution is -2.10. The van der Waals surface area contributed by atoms with E-state index in [-0.39, 0.29) is 11.7 Å². The Bertz CT molecular complexity index is 597. The van der Waals surface area contributed by atoms with Gasteiger partial charge in [-0.05, 0) is 6.42 Å². The number of benzene rings is 1. The van der Waals surface area contributed by atoms with Crippen LogP contribution in [0.3, 0.4) is 0 Å². The first-order valence-electron chi connectivity index (χ1n) is 6.46. The molecule has 106 valence electrons. The molecule has 1 atom stereocenters. The Labute approximate surface area is 115 Å². The third-order valence-electron chi connectivity index (χ3n) is 2.94. The molecular formula is C13H16N4O3. The van der Waals surface area contributed by atoms with Gasteiger partial charge in [0.2, 0.25) is 11.7 Å². The summed E-state index contributed by atoms with van der Waals surface area (Å²) in [5.74, 6) is 0.676. The van der Waals surface area contributed by atoms with Crippen LogP contribution in [0, 0.1) is 10.1 Å². The molecule has 0 bridgehead atoms. The molecule has 2 rings (SSSR count). The fourth-order valence-corrected chi connectivity index (χ4v) is 1.81. The Morgan fingerprint density at radius 2 is 2.30 bits per heavy atom. The van der Waals surface area contributed by atoms with E-state index in [0.717, 1.165) is 19.3 Å². The molecule has 0 radical (unpaired) electrons. The molecule has 1 aromatic carbocycles. The number of hydrogen-bond donors (Lipinski definition) is 1. The van der Waals surface area contributed by atoms with E-state index in [1.54, 1.807) is 12.1 Å². The van der Waals surface area contributed by atoms with Crippen molar-refractivity contribution >= 4 is 5.69 Å². The first-order valence-corrected chi connectivity index (χ1v) is 6.46. The van der Waals surface area contributed by atoms with Gasteiger partial charge in [-0.3, -0.25) is 10.1 Å². The Morgan fingerprint density at radius 1 is 1.50 bits per heavy atom. The molecule has 0 amide bonds. The van der Waals surface area contributed by atoms with Crippen LogP contribution >= 0.6 is 0 Å². The Morgan fingerprint density at radius 3 is 3.00 bits per heavy atom. The maximum atomic E-state index is 10.7. The summed E-state index contributed by atoms with van der Waals surface area (Å²) in [6, 6.07) is 5.80. The highest BCUT2D eigenvalue weighted by molar-refractivity contribution is 5.58. The van der Waals surface area contributed by atoms with E-state index in [9.17, 15) is 10.1 Å². The van der Waals surface area contributed by atoms with E-state index >= 15 is 0 Å². The molecule has 0 aliphatic rings. The minimum Gasteiger partial charge on any atom is -0.337 e. The quantitative estimate of drug-likeness (QED) is 0.642. The zero-order valence-electron chi connectivity index (χ0n) is 11.2. The number of unbranched alkanes of at least 4 members (excludes halogenated alkanes) is 1. The molecule has 0 saturated heterocycles. The van der Waals surface area contributed by atoms with Gasteiger partial charge in [-0.25, -0.2) is 0 Å². The molecule has 1 aromatic heterocycles. The predicted octanol–water partition coefficient (Wildman–Crippen LogP) is 2.83. The number of nitro groups is 1. The summed E-state index contributed by atoms with van der Waals surface area (Å²) in [5.41, 5.74) is 6.47. The fraction of sp³-hybridized carbons (Fsp3) is 0.385. The molecule has 0 spiro atoms. The van der Waals surface area contributed by atoms with E-state index in [2.05, 4.69) is 17.1 Å². The zero-order valence-corrected chi connectivity index (χ0v) is 11.2. The van der Waals surface area contributed by atoms with Crippen LogP contribution in [0.15, 0.2) is 28.8 Å². The van der Waals surface area contributed by atoms with Crippen molar-refractivity contribution in [2.24, 2.45) is 5.73 Å². The van der Waals surface area contributed by atoms with Gasteiger partial charge in [0.1, 0.15) is 0 Å². The molecule has 7 nitrogen and oxygen atoms in total. The second-order valence-electron chi connectivity index (χ2n) is 4.51. The van der Waals surface area contributed by atoms with Gasteiger partial charge >= 0.3 is 0 Å². The maximum absolute atomic E-state index is 10.7. The third-order valence-corrected chi connectivity index (χ3v) is 2.94. The predicted molar refractivity (Wildman–Crippen MR) is 72.8 cm³/mol. The van der Waals surface area contributed by atoms with Crippen molar-refractivity contribution in [1.29, 1.82) is 0 Å². The van der Waals surface area contributed by atoms with Crippen molar-refractivity contribution in [3.05, 3.63) is 40.3 Å². The molecule has 2 N–H and O–H groups in total. The summed E-state index contributed by atoms with van der Waals surface area (Å²) < 4.78 is 5.12. The molecule has 1 heterocycles. The number of nitro benzene ring substituents is 1. The summed E-state index contributed by atoms with van der Waals surface area (Å²) >= 11 is 0. The van der Waals surface area contributed by atoms with Gasteiger partial charge in [-0.2, -0.15) is 4.98 Å². The molecule has 0 fully saturated rings. The molecule has 20 heavy (non-hydrogen) atoms. The summed E-state index contributed by atoms with van der Waals surface area (Å²) in [6.45, 7) is 2.08. The summed E-state index contributed by atoms with van der Waals surface area (Å²) in [4.78, 5) is 14.5. The van der Waals surface area contributed by atoms with Crippen LogP contribution in [0.25, 0.3) is 11.4 Å². The van der Waals surface area contributed by atoms with Crippen LogP contribution in [0.4, 0.5) is 5.69 Å². The smallest absolute Gasteiger partial charge is 0.270 e. The van der Waals surface area contributed by atoms with Gasteiger partial charge in [0.05, 0.1) is 11.0 Å². The van der Waals surface area contributed by atoms with Gasteiger partial charge in [0.15, 0.2) is 0 Å². The summed E-state index contributed by atoms with van der Waals surface area (Å²) in [6.07, 6.45) is 2.79. The Balaban J connectivity index is 2.20. The van der Waals surface area contributed by atoms with E-state index in [1.807, 2.05) is 0 Å². The second kappa shape index (κ2) is 6.25. The maximum Gasteiger partial charge on any atom is 0.270 e. The van der Waals surface area contributed by atoms with Gasteiger partial charge < -0.3 is 10.3 Å². The number of nitrogens with two attached hydrogens (primary N) is 1. The standard InChI is InChI=1S/C13H16N4O3/c1-2-3-7-11(14)13-15-12(16-20-13)9-5-4-6-10(8-9)17(18)19/h4-6,8,11H,2-3,7,14H2,1H3. The average Bonchev–Trinajstić information content (AvgIpc) is 2.94. The molecule has 7 heteroatoms.